The molecule has 1 heterocycles. The van der Waals surface area contributed by atoms with E-state index in [1.807, 2.05) is 36.4 Å². The molecule has 7 nitrogen and oxygen atoms in total. The standard InChI is InChI=1S/C26H28N2O5/c29-24(30)13-23(25(31)28-12-11-17(14-28)16-9-10-16)27-26(32)33-15-22-20-7-3-1-5-18(20)19-6-2-4-8-21(19)22/h1-8,16-17,22-23H,9-15H2,(H,27,32)(H,29,30). The van der Waals surface area contributed by atoms with Gasteiger partial charge in [-0.3, -0.25) is 9.59 Å². The summed E-state index contributed by atoms with van der Waals surface area (Å²) in [5.74, 6) is -0.390. The number of hydrogen-bond donors (Lipinski definition) is 2. The fourth-order valence-electron chi connectivity index (χ4n) is 5.32. The minimum Gasteiger partial charge on any atom is -0.481 e. The zero-order chi connectivity index (χ0) is 22.9. The number of benzene rings is 2. The summed E-state index contributed by atoms with van der Waals surface area (Å²) in [4.78, 5) is 38.7. The monoisotopic (exact) mass is 448 g/mol. The topological polar surface area (TPSA) is 95.9 Å². The summed E-state index contributed by atoms with van der Waals surface area (Å²) in [7, 11) is 0. The van der Waals surface area contributed by atoms with Gasteiger partial charge in [0, 0.05) is 19.0 Å². The van der Waals surface area contributed by atoms with E-state index in [9.17, 15) is 19.5 Å². The molecule has 2 fully saturated rings. The van der Waals surface area contributed by atoms with Gasteiger partial charge in [-0.05, 0) is 53.4 Å². The Morgan fingerprint density at radius 3 is 2.21 bits per heavy atom. The second-order valence-corrected chi connectivity index (χ2v) is 9.29. The Morgan fingerprint density at radius 1 is 0.970 bits per heavy atom. The number of nitrogens with one attached hydrogen (secondary N) is 1. The molecule has 1 saturated carbocycles. The second kappa shape index (κ2) is 8.89. The van der Waals surface area contributed by atoms with E-state index in [0.29, 0.717) is 24.9 Å². The van der Waals surface area contributed by atoms with Crippen LogP contribution in [-0.4, -0.2) is 53.7 Å². The van der Waals surface area contributed by atoms with Gasteiger partial charge >= 0.3 is 12.1 Å². The largest absolute Gasteiger partial charge is 0.481 e. The summed E-state index contributed by atoms with van der Waals surface area (Å²) >= 11 is 0. The highest BCUT2D eigenvalue weighted by atomic mass is 16.5. The lowest BCUT2D eigenvalue weighted by Gasteiger charge is -2.24. The van der Waals surface area contributed by atoms with Crippen molar-refractivity contribution in [2.45, 2.75) is 37.6 Å². The van der Waals surface area contributed by atoms with Crippen LogP contribution in [0.3, 0.4) is 0 Å². The fourth-order valence-corrected chi connectivity index (χ4v) is 5.32. The molecule has 172 valence electrons. The first-order valence-electron chi connectivity index (χ1n) is 11.6. The van der Waals surface area contributed by atoms with Crippen molar-refractivity contribution in [3.63, 3.8) is 0 Å². The van der Waals surface area contributed by atoms with E-state index in [2.05, 4.69) is 17.4 Å². The molecule has 2 aromatic carbocycles. The molecule has 7 heteroatoms. The maximum atomic E-state index is 13.0. The predicted octanol–water partition coefficient (Wildman–Crippen LogP) is 3.63. The van der Waals surface area contributed by atoms with Crippen LogP contribution in [0.1, 0.15) is 42.7 Å². The van der Waals surface area contributed by atoms with Gasteiger partial charge in [0.2, 0.25) is 5.91 Å². The predicted molar refractivity (Wildman–Crippen MR) is 122 cm³/mol. The average Bonchev–Trinajstić information content (AvgIpc) is 3.45. The van der Waals surface area contributed by atoms with E-state index in [1.54, 1.807) is 4.90 Å². The summed E-state index contributed by atoms with van der Waals surface area (Å²) in [6.45, 7) is 1.37. The zero-order valence-corrected chi connectivity index (χ0v) is 18.4. The van der Waals surface area contributed by atoms with Gasteiger partial charge in [-0.25, -0.2) is 4.79 Å². The van der Waals surface area contributed by atoms with Crippen molar-refractivity contribution in [3.05, 3.63) is 59.7 Å². The van der Waals surface area contributed by atoms with Crippen LogP contribution in [0.4, 0.5) is 4.79 Å². The first kappa shape index (κ1) is 21.5. The SMILES string of the molecule is O=C(O)CC(NC(=O)OCC1c2ccccc2-c2ccccc21)C(=O)N1CCC(C2CC2)C1. The van der Waals surface area contributed by atoms with Crippen LogP contribution in [0.25, 0.3) is 11.1 Å². The molecule has 2 aliphatic carbocycles. The molecule has 0 radical (unpaired) electrons. The number of carbonyl (C=O) groups excluding carboxylic acids is 2. The van der Waals surface area contributed by atoms with Gasteiger partial charge in [0.1, 0.15) is 12.6 Å². The van der Waals surface area contributed by atoms with Crippen LogP contribution < -0.4 is 5.32 Å². The molecule has 2 N–H and O–H groups in total. The third-order valence-electron chi connectivity index (χ3n) is 7.14. The molecule has 2 aromatic rings. The molecular formula is C26H28N2O5. The first-order chi connectivity index (χ1) is 16.0. The minimum atomic E-state index is -1.13. The van der Waals surface area contributed by atoms with Gasteiger partial charge in [0.25, 0.3) is 0 Å². The lowest BCUT2D eigenvalue weighted by molar-refractivity contribution is -0.142. The maximum Gasteiger partial charge on any atom is 0.407 e. The van der Waals surface area contributed by atoms with Crippen molar-refractivity contribution in [1.82, 2.24) is 10.2 Å². The number of alkyl carbamates (subject to hydrolysis) is 1. The average molecular weight is 449 g/mol. The number of carboxylic acid groups (broad SMARTS) is 1. The number of aliphatic carboxylic acids is 1. The Hall–Kier alpha value is -3.35. The Kier molecular flexibility index (Phi) is 5.79. The van der Waals surface area contributed by atoms with Crippen LogP contribution in [0.5, 0.6) is 0 Å². The van der Waals surface area contributed by atoms with E-state index < -0.39 is 24.5 Å². The second-order valence-electron chi connectivity index (χ2n) is 9.29. The number of carbonyl (C=O) groups is 3. The molecule has 0 spiro atoms. The number of amides is 2. The maximum absolute atomic E-state index is 13.0. The highest BCUT2D eigenvalue weighted by molar-refractivity contribution is 5.89. The smallest absolute Gasteiger partial charge is 0.407 e. The highest BCUT2D eigenvalue weighted by Crippen LogP contribution is 2.44. The Labute approximate surface area is 192 Å². The summed E-state index contributed by atoms with van der Waals surface area (Å²) in [5.41, 5.74) is 4.43. The summed E-state index contributed by atoms with van der Waals surface area (Å²) in [5, 5.41) is 11.8. The third-order valence-corrected chi connectivity index (χ3v) is 7.14. The van der Waals surface area contributed by atoms with Crippen LogP contribution in [0, 0.1) is 11.8 Å². The Bertz CT molecular complexity index is 1030. The van der Waals surface area contributed by atoms with Gasteiger partial charge in [0.15, 0.2) is 0 Å². The van der Waals surface area contributed by atoms with Gasteiger partial charge in [-0.15, -0.1) is 0 Å². The minimum absolute atomic E-state index is 0.102. The van der Waals surface area contributed by atoms with Crippen LogP contribution in [0.2, 0.25) is 0 Å². The molecule has 2 unspecified atom stereocenters. The lowest BCUT2D eigenvalue weighted by atomic mass is 9.98. The van der Waals surface area contributed by atoms with Gasteiger partial charge < -0.3 is 20.1 Å². The van der Waals surface area contributed by atoms with E-state index in [1.165, 1.54) is 12.8 Å². The molecule has 0 aromatic heterocycles. The summed E-state index contributed by atoms with van der Waals surface area (Å²) in [6.07, 6.45) is 2.13. The number of rotatable bonds is 7. The molecule has 33 heavy (non-hydrogen) atoms. The van der Waals surface area contributed by atoms with Crippen molar-refractivity contribution < 1.29 is 24.2 Å². The molecule has 2 atom stereocenters. The van der Waals surface area contributed by atoms with Crippen molar-refractivity contribution in [3.8, 4) is 11.1 Å². The van der Waals surface area contributed by atoms with Crippen LogP contribution in [0.15, 0.2) is 48.5 Å². The van der Waals surface area contributed by atoms with E-state index in [0.717, 1.165) is 28.7 Å². The van der Waals surface area contributed by atoms with E-state index in [4.69, 9.17) is 4.74 Å². The molecule has 0 bridgehead atoms. The van der Waals surface area contributed by atoms with Gasteiger partial charge in [-0.2, -0.15) is 0 Å². The number of likely N-dealkylation sites (tertiary alicyclic amines) is 1. The third kappa shape index (κ3) is 4.45. The van der Waals surface area contributed by atoms with Crippen LogP contribution in [-0.2, 0) is 14.3 Å². The molecular weight excluding hydrogens is 420 g/mol. The number of fused-ring (bicyclic) bond motifs is 3. The summed E-state index contributed by atoms with van der Waals surface area (Å²) in [6, 6.07) is 14.9. The summed E-state index contributed by atoms with van der Waals surface area (Å²) < 4.78 is 5.52. The normalized spacial score (nSPS) is 20.1. The van der Waals surface area contributed by atoms with Gasteiger partial charge in [-0.1, -0.05) is 48.5 Å². The number of ether oxygens (including phenoxy) is 1. The molecule has 2 amide bonds. The number of hydrogen-bond acceptors (Lipinski definition) is 4. The van der Waals surface area contributed by atoms with E-state index >= 15 is 0 Å². The lowest BCUT2D eigenvalue weighted by Crippen LogP contribution is -2.49. The van der Waals surface area contributed by atoms with Gasteiger partial charge in [0.05, 0.1) is 6.42 Å². The Balaban J connectivity index is 1.23. The fraction of sp³-hybridized carbons (Fsp3) is 0.423. The molecule has 1 aliphatic heterocycles. The van der Waals surface area contributed by atoms with Crippen LogP contribution >= 0.6 is 0 Å². The first-order valence-corrected chi connectivity index (χ1v) is 11.6. The quantitative estimate of drug-likeness (QED) is 0.674. The number of nitrogens with zero attached hydrogens (tertiary/aromatic N) is 1. The highest BCUT2D eigenvalue weighted by Gasteiger charge is 2.39. The van der Waals surface area contributed by atoms with Crippen molar-refractivity contribution in [2.24, 2.45) is 11.8 Å². The number of carboxylic acids is 1. The molecule has 5 rings (SSSR count). The van der Waals surface area contributed by atoms with Crippen molar-refractivity contribution >= 4 is 18.0 Å². The zero-order valence-electron chi connectivity index (χ0n) is 18.4. The van der Waals surface area contributed by atoms with Crippen molar-refractivity contribution in [1.29, 1.82) is 0 Å². The Morgan fingerprint density at radius 2 is 1.61 bits per heavy atom. The molecule has 3 aliphatic rings. The van der Waals surface area contributed by atoms with E-state index in [-0.39, 0.29) is 18.4 Å². The van der Waals surface area contributed by atoms with Crippen molar-refractivity contribution in [2.75, 3.05) is 19.7 Å². The molecule has 1 saturated heterocycles.